The summed E-state index contributed by atoms with van der Waals surface area (Å²) in [5.74, 6) is 0.346. The van der Waals surface area contributed by atoms with Gasteiger partial charge in [0, 0.05) is 32.4 Å². The van der Waals surface area contributed by atoms with E-state index in [4.69, 9.17) is 24.9 Å². The second kappa shape index (κ2) is 18.5. The highest BCUT2D eigenvalue weighted by Gasteiger charge is 2.49. The quantitative estimate of drug-likeness (QED) is 0.205. The molecule has 0 saturated carbocycles. The maximum absolute atomic E-state index is 5.91. The Morgan fingerprint density at radius 3 is 1.65 bits per heavy atom. The Kier molecular flexibility index (Phi) is 20.1. The lowest BCUT2D eigenvalue weighted by Gasteiger charge is -2.35. The van der Waals surface area contributed by atoms with Crippen LogP contribution in [0, 0.1) is 5.92 Å². The molecule has 0 aliphatic heterocycles. The lowest BCUT2D eigenvalue weighted by molar-refractivity contribution is 0.103. The molecule has 0 aliphatic carbocycles. The molecule has 3 N–H and O–H groups in total. The predicted molar refractivity (Wildman–Crippen MR) is 116 cm³/mol. The molecule has 0 fully saturated rings. The largest absolute Gasteiger partial charge is 0.504 e. The summed E-state index contributed by atoms with van der Waals surface area (Å²) in [5.41, 5.74) is 1.89. The van der Waals surface area contributed by atoms with Crippen LogP contribution in [0.1, 0.15) is 84.5 Å². The second-order valence-electron chi connectivity index (χ2n) is 6.83. The van der Waals surface area contributed by atoms with Gasteiger partial charge in [0.05, 0.1) is 0 Å². The van der Waals surface area contributed by atoms with Gasteiger partial charge in [-0.05, 0) is 18.8 Å². The van der Waals surface area contributed by atoms with Crippen LogP contribution in [-0.2, 0) is 13.3 Å². The first kappa shape index (κ1) is 28.3. The van der Waals surface area contributed by atoms with E-state index in [1.165, 1.54) is 57.8 Å². The number of rotatable bonds is 17. The molecular weight excluding hydrogens is 366 g/mol. The van der Waals surface area contributed by atoms with Crippen LogP contribution in [-0.4, -0.2) is 30.1 Å². The van der Waals surface area contributed by atoms with Crippen LogP contribution in [0.5, 0.6) is 0 Å². The molecule has 0 rings (SSSR count). The fourth-order valence-corrected chi connectivity index (χ4v) is 6.63. The van der Waals surface area contributed by atoms with Crippen LogP contribution in [0.25, 0.3) is 0 Å². The molecule has 0 saturated heterocycles. The molecular formula is C20H44ClNO3Si. The van der Waals surface area contributed by atoms with E-state index in [9.17, 15) is 0 Å². The van der Waals surface area contributed by atoms with E-state index in [-0.39, 0.29) is 11.7 Å². The number of hydrogen-bond acceptors (Lipinski definition) is 4. The molecule has 2 unspecified atom stereocenters. The average molecular weight is 410 g/mol. The molecule has 2 atom stereocenters. The molecule has 26 heavy (non-hydrogen) atoms. The highest BCUT2D eigenvalue weighted by Crippen LogP contribution is 2.38. The topological polar surface area (TPSA) is 62.7 Å². The van der Waals surface area contributed by atoms with Crippen molar-refractivity contribution in [1.29, 1.82) is 0 Å². The van der Waals surface area contributed by atoms with Gasteiger partial charge in [0.1, 0.15) is 0 Å². The fraction of sp³-hybridized carbons (Fsp3) is 0.900. The lowest BCUT2D eigenvalue weighted by atomic mass is 9.95. The molecule has 158 valence electrons. The summed E-state index contributed by atoms with van der Waals surface area (Å²) in [6, 6.07) is 0. The van der Waals surface area contributed by atoms with Gasteiger partial charge in [-0.15, -0.1) is 0 Å². The van der Waals surface area contributed by atoms with E-state index in [2.05, 4.69) is 19.9 Å². The summed E-state index contributed by atoms with van der Waals surface area (Å²) in [4.78, 5) is 0. The van der Waals surface area contributed by atoms with Crippen molar-refractivity contribution in [2.24, 2.45) is 5.92 Å². The van der Waals surface area contributed by atoms with Gasteiger partial charge in [-0.1, -0.05) is 89.3 Å². The summed E-state index contributed by atoms with van der Waals surface area (Å²) in [6.45, 7) is 4.44. The van der Waals surface area contributed by atoms with Gasteiger partial charge in [0.15, 0.2) is 0 Å². The van der Waals surface area contributed by atoms with Gasteiger partial charge in [0.2, 0.25) is 0 Å². The minimum absolute atomic E-state index is 0. The summed E-state index contributed by atoms with van der Waals surface area (Å²) >= 11 is 5.91. The average Bonchev–Trinajstić information content (AvgIpc) is 2.64. The van der Waals surface area contributed by atoms with Gasteiger partial charge in [0.25, 0.3) is 0 Å². The smallest absolute Gasteiger partial charge is 0.377 e. The Hall–Kier alpha value is 0.0869. The first-order chi connectivity index (χ1) is 12.2. The molecule has 0 radical (unpaired) electrons. The van der Waals surface area contributed by atoms with Gasteiger partial charge < -0.3 is 19.4 Å². The van der Waals surface area contributed by atoms with Crippen LogP contribution < -0.4 is 6.15 Å². The van der Waals surface area contributed by atoms with Crippen LogP contribution in [0.3, 0.4) is 0 Å². The minimum atomic E-state index is -2.65. The Morgan fingerprint density at radius 2 is 1.27 bits per heavy atom. The second-order valence-corrected chi connectivity index (χ2v) is 10.3. The van der Waals surface area contributed by atoms with Gasteiger partial charge in [-0.3, -0.25) is 0 Å². The third-order valence-electron chi connectivity index (χ3n) is 5.23. The zero-order chi connectivity index (χ0) is 19.0. The van der Waals surface area contributed by atoms with Crippen molar-refractivity contribution in [3.05, 3.63) is 11.6 Å². The Morgan fingerprint density at radius 1 is 0.808 bits per heavy atom. The molecule has 0 aliphatic rings. The first-order valence-electron chi connectivity index (χ1n) is 10.1. The van der Waals surface area contributed by atoms with E-state index < -0.39 is 8.80 Å². The zero-order valence-electron chi connectivity index (χ0n) is 17.9. The van der Waals surface area contributed by atoms with Crippen molar-refractivity contribution in [3.8, 4) is 0 Å². The molecule has 0 aromatic carbocycles. The fourth-order valence-electron chi connectivity index (χ4n) is 3.73. The normalized spacial score (nSPS) is 14.4. The molecule has 4 nitrogen and oxygen atoms in total. The van der Waals surface area contributed by atoms with Gasteiger partial charge in [-0.25, -0.2) is 0 Å². The van der Waals surface area contributed by atoms with E-state index in [0.29, 0.717) is 5.92 Å². The Bertz CT molecular complexity index is 320. The van der Waals surface area contributed by atoms with Crippen LogP contribution in [0.2, 0.25) is 5.54 Å². The van der Waals surface area contributed by atoms with E-state index in [1.807, 2.05) is 0 Å². The highest BCUT2D eigenvalue weighted by molar-refractivity contribution is 6.62. The summed E-state index contributed by atoms with van der Waals surface area (Å²) in [7, 11) is 2.44. The van der Waals surface area contributed by atoms with Crippen molar-refractivity contribution in [2.45, 2.75) is 90.0 Å². The van der Waals surface area contributed by atoms with E-state index in [0.717, 1.165) is 12.8 Å². The van der Waals surface area contributed by atoms with Gasteiger partial charge in [-0.2, -0.15) is 0 Å². The van der Waals surface area contributed by atoms with Crippen molar-refractivity contribution in [3.63, 3.8) is 0 Å². The first-order valence-corrected chi connectivity index (χ1v) is 12.3. The summed E-state index contributed by atoms with van der Waals surface area (Å²) in [5, 5.41) is 0. The molecule has 0 amide bonds. The van der Waals surface area contributed by atoms with Crippen LogP contribution in [0.4, 0.5) is 0 Å². The van der Waals surface area contributed by atoms with E-state index in [1.54, 1.807) is 26.9 Å². The van der Waals surface area contributed by atoms with Crippen molar-refractivity contribution in [1.82, 2.24) is 6.15 Å². The predicted octanol–water partition coefficient (Wildman–Crippen LogP) is 7.10. The highest BCUT2D eigenvalue weighted by atomic mass is 35.5. The third kappa shape index (κ3) is 10.4. The maximum atomic E-state index is 5.91. The summed E-state index contributed by atoms with van der Waals surface area (Å²) in [6.07, 6.45) is 16.3. The number of halogens is 1. The number of hydrogen-bond donors (Lipinski definition) is 1. The van der Waals surface area contributed by atoms with Crippen LogP contribution in [0.15, 0.2) is 11.6 Å². The van der Waals surface area contributed by atoms with Crippen molar-refractivity contribution in [2.75, 3.05) is 21.3 Å². The molecule has 0 aromatic heterocycles. The third-order valence-corrected chi connectivity index (χ3v) is 8.82. The van der Waals surface area contributed by atoms with Gasteiger partial charge >= 0.3 is 8.80 Å². The molecule has 0 spiro atoms. The van der Waals surface area contributed by atoms with Crippen molar-refractivity contribution >= 4 is 20.4 Å². The standard InChI is InChI=1S/C20H41ClO3Si.H3N/c1-6-8-9-10-11-12-13-14-15-16-19(17-18-21)20(7-2)25(22-3,23-4)24-5;/h17-20H,6-16H2,1-5H3;1H3/b18-17+;. The van der Waals surface area contributed by atoms with Crippen LogP contribution >= 0.6 is 11.6 Å². The lowest BCUT2D eigenvalue weighted by Crippen LogP contribution is -2.49. The van der Waals surface area contributed by atoms with Crippen molar-refractivity contribution < 1.29 is 13.3 Å². The maximum Gasteiger partial charge on any atom is 0.504 e. The Balaban J connectivity index is 0. The molecule has 0 aromatic rings. The molecule has 6 heteroatoms. The minimum Gasteiger partial charge on any atom is -0.377 e. The molecule has 0 heterocycles. The SMILES string of the molecule is CCCCCCCCCCCC(/C=C/Cl)C(CC)[Si](OC)(OC)OC.N. The number of allylic oxidation sites excluding steroid dienone is 1. The molecule has 0 bridgehead atoms. The van der Waals surface area contributed by atoms with E-state index >= 15 is 0 Å². The Labute approximate surface area is 169 Å². The summed E-state index contributed by atoms with van der Waals surface area (Å²) < 4.78 is 17.2. The number of unbranched alkanes of at least 4 members (excludes halogenated alkanes) is 8. The zero-order valence-corrected chi connectivity index (χ0v) is 19.7. The monoisotopic (exact) mass is 409 g/mol.